The molecule has 0 aromatic heterocycles. The first kappa shape index (κ1) is 67.3. The van der Waals surface area contributed by atoms with E-state index in [0.717, 1.165) is 83.5 Å². The van der Waals surface area contributed by atoms with Crippen LogP contribution < -0.4 is 5.32 Å². The third-order valence-electron chi connectivity index (χ3n) is 13.6. The van der Waals surface area contributed by atoms with Crippen molar-refractivity contribution in [3.05, 3.63) is 97.2 Å². The Hall–Kier alpha value is -2.69. The first-order valence-electron chi connectivity index (χ1n) is 30.5. The van der Waals surface area contributed by atoms with Gasteiger partial charge in [-0.25, -0.2) is 0 Å². The summed E-state index contributed by atoms with van der Waals surface area (Å²) in [5, 5.41) is 23.2. The predicted octanol–water partition coefficient (Wildman–Crippen LogP) is 20.5. The second kappa shape index (κ2) is 60.6. The van der Waals surface area contributed by atoms with Crippen molar-refractivity contribution in [1.82, 2.24) is 5.32 Å². The average Bonchev–Trinajstić information content (AvgIpc) is 3.36. The van der Waals surface area contributed by atoms with Gasteiger partial charge >= 0.3 is 0 Å². The minimum absolute atomic E-state index is 0.0896. The Balaban J connectivity index is 3.56. The highest BCUT2D eigenvalue weighted by molar-refractivity contribution is 5.76. The standard InChI is InChI=1S/C66H117NO3/c1-3-5-7-9-11-13-15-17-19-21-23-25-27-29-30-31-32-33-34-35-36-38-39-41-43-45-47-49-51-53-55-57-59-61-65(69)64(63-68)67-66(70)62-60-58-56-54-52-50-48-46-44-42-40-37-28-26-24-22-20-18-16-14-12-10-8-6-4-2/h6,8,12,14,18,20,24,26,37,40,44,46,51,53,59,61,64-65,68-69H,3-5,7,9-11,13,15-17,19,21-23,25,27-36,38-39,41-43,45,47-50,52,54-58,60,62-63H2,1-2H3,(H,67,70)/b8-6-,14-12-,20-18-,26-24-,40-37-,46-44-,53-51+,61-59+. The SMILES string of the molecule is CC/C=C\C/C=C\C/C=C\C/C=C\C/C=C\C/C=C\CCCCCCCCC(=O)NC(CO)C(O)/C=C/CC/C=C/CCCCCCCCCCCCCCCCCCCCCCCCCCCCC. The van der Waals surface area contributed by atoms with Crippen molar-refractivity contribution in [3.8, 4) is 0 Å². The molecule has 4 nitrogen and oxygen atoms in total. The fourth-order valence-corrected chi connectivity index (χ4v) is 8.97. The molecule has 70 heavy (non-hydrogen) atoms. The van der Waals surface area contributed by atoms with E-state index in [0.29, 0.717) is 6.42 Å². The van der Waals surface area contributed by atoms with Gasteiger partial charge in [-0.3, -0.25) is 4.79 Å². The van der Waals surface area contributed by atoms with E-state index in [2.05, 4.69) is 104 Å². The predicted molar refractivity (Wildman–Crippen MR) is 313 cm³/mol. The van der Waals surface area contributed by atoms with Crippen LogP contribution in [0.4, 0.5) is 0 Å². The van der Waals surface area contributed by atoms with E-state index in [1.54, 1.807) is 6.08 Å². The van der Waals surface area contributed by atoms with Crippen molar-refractivity contribution in [3.63, 3.8) is 0 Å². The van der Waals surface area contributed by atoms with E-state index >= 15 is 0 Å². The molecule has 3 N–H and O–H groups in total. The molecule has 0 aliphatic carbocycles. The molecule has 0 aromatic rings. The van der Waals surface area contributed by atoms with Crippen LogP contribution in [0.1, 0.15) is 296 Å². The lowest BCUT2D eigenvalue weighted by Crippen LogP contribution is -2.45. The van der Waals surface area contributed by atoms with Crippen LogP contribution in [0.25, 0.3) is 0 Å². The Bertz CT molecular complexity index is 1290. The molecule has 2 atom stereocenters. The van der Waals surface area contributed by atoms with Gasteiger partial charge in [0.1, 0.15) is 0 Å². The van der Waals surface area contributed by atoms with E-state index in [4.69, 9.17) is 0 Å². The first-order chi connectivity index (χ1) is 34.7. The zero-order valence-corrected chi connectivity index (χ0v) is 46.5. The fourth-order valence-electron chi connectivity index (χ4n) is 8.97. The first-order valence-corrected chi connectivity index (χ1v) is 30.5. The van der Waals surface area contributed by atoms with E-state index in [-0.39, 0.29) is 12.5 Å². The summed E-state index contributed by atoms with van der Waals surface area (Å²) in [5.74, 6) is -0.0896. The van der Waals surface area contributed by atoms with Gasteiger partial charge in [0.25, 0.3) is 0 Å². The summed E-state index contributed by atoms with van der Waals surface area (Å²) in [6.07, 6.45) is 90.2. The molecule has 0 aliphatic rings. The van der Waals surface area contributed by atoms with Crippen molar-refractivity contribution in [2.75, 3.05) is 6.61 Å². The highest BCUT2D eigenvalue weighted by Gasteiger charge is 2.18. The molecule has 4 heteroatoms. The van der Waals surface area contributed by atoms with Gasteiger partial charge < -0.3 is 15.5 Å². The number of allylic oxidation sites excluding steroid dienone is 15. The van der Waals surface area contributed by atoms with Gasteiger partial charge in [0.15, 0.2) is 0 Å². The number of unbranched alkanes of at least 4 members (excludes halogenated alkanes) is 34. The summed E-state index contributed by atoms with van der Waals surface area (Å²) in [4.78, 5) is 12.5. The number of hydrogen-bond acceptors (Lipinski definition) is 3. The molecule has 0 heterocycles. The summed E-state index contributed by atoms with van der Waals surface area (Å²) in [6, 6.07) is -0.656. The summed E-state index contributed by atoms with van der Waals surface area (Å²) >= 11 is 0. The monoisotopic (exact) mass is 972 g/mol. The van der Waals surface area contributed by atoms with Gasteiger partial charge in [-0.2, -0.15) is 0 Å². The van der Waals surface area contributed by atoms with Crippen molar-refractivity contribution in [1.29, 1.82) is 0 Å². The number of aliphatic hydroxyl groups is 2. The summed E-state index contributed by atoms with van der Waals surface area (Å²) in [7, 11) is 0. The molecule has 0 rings (SSSR count). The molecule has 0 radical (unpaired) electrons. The maximum absolute atomic E-state index is 12.5. The highest BCUT2D eigenvalue weighted by Crippen LogP contribution is 2.17. The smallest absolute Gasteiger partial charge is 0.220 e. The second-order valence-corrected chi connectivity index (χ2v) is 20.4. The molecule has 0 fully saturated rings. The van der Waals surface area contributed by atoms with Gasteiger partial charge in [0.2, 0.25) is 5.91 Å². The number of carbonyl (C=O) groups excluding carboxylic acids is 1. The summed E-state index contributed by atoms with van der Waals surface area (Å²) in [6.45, 7) is 4.20. The van der Waals surface area contributed by atoms with Crippen LogP contribution in [0, 0.1) is 0 Å². The van der Waals surface area contributed by atoms with Crippen LogP contribution in [0.3, 0.4) is 0 Å². The highest BCUT2D eigenvalue weighted by atomic mass is 16.3. The second-order valence-electron chi connectivity index (χ2n) is 20.4. The van der Waals surface area contributed by atoms with Crippen LogP contribution in [0.5, 0.6) is 0 Å². The molecule has 0 spiro atoms. The summed E-state index contributed by atoms with van der Waals surface area (Å²) in [5.41, 5.74) is 0. The Morgan fingerprint density at radius 1 is 0.357 bits per heavy atom. The van der Waals surface area contributed by atoms with E-state index in [9.17, 15) is 15.0 Å². The van der Waals surface area contributed by atoms with Gasteiger partial charge in [-0.1, -0.05) is 304 Å². The lowest BCUT2D eigenvalue weighted by molar-refractivity contribution is -0.123. The normalized spacial score (nSPS) is 13.5. The maximum atomic E-state index is 12.5. The molecular formula is C66H117NO3. The number of hydrogen-bond donors (Lipinski definition) is 3. The van der Waals surface area contributed by atoms with Crippen LogP contribution >= 0.6 is 0 Å². The topological polar surface area (TPSA) is 69.6 Å². The molecule has 0 saturated carbocycles. The quantitative estimate of drug-likeness (QED) is 0.0420. The molecule has 0 saturated heterocycles. The Morgan fingerprint density at radius 2 is 0.643 bits per heavy atom. The average molecular weight is 973 g/mol. The number of amides is 1. The Morgan fingerprint density at radius 3 is 1.00 bits per heavy atom. The fraction of sp³-hybridized carbons (Fsp3) is 0.742. The zero-order chi connectivity index (χ0) is 50.6. The lowest BCUT2D eigenvalue weighted by atomic mass is 10.0. The van der Waals surface area contributed by atoms with Crippen molar-refractivity contribution in [2.45, 2.75) is 309 Å². The molecule has 0 aromatic carbocycles. The van der Waals surface area contributed by atoms with E-state index < -0.39 is 12.1 Å². The molecule has 1 amide bonds. The van der Waals surface area contributed by atoms with Crippen molar-refractivity contribution >= 4 is 5.91 Å². The Labute approximate surface area is 436 Å². The van der Waals surface area contributed by atoms with E-state index in [1.807, 2.05) is 6.08 Å². The number of nitrogens with one attached hydrogen (secondary N) is 1. The third kappa shape index (κ3) is 56.2. The molecule has 0 aliphatic heterocycles. The largest absolute Gasteiger partial charge is 0.394 e. The third-order valence-corrected chi connectivity index (χ3v) is 13.6. The van der Waals surface area contributed by atoms with Crippen molar-refractivity contribution < 1.29 is 15.0 Å². The minimum Gasteiger partial charge on any atom is -0.394 e. The number of rotatable bonds is 55. The lowest BCUT2D eigenvalue weighted by Gasteiger charge is -2.19. The van der Waals surface area contributed by atoms with Crippen molar-refractivity contribution in [2.24, 2.45) is 0 Å². The number of carbonyl (C=O) groups is 1. The number of aliphatic hydroxyl groups excluding tert-OH is 2. The molecule has 2 unspecified atom stereocenters. The van der Waals surface area contributed by atoms with Gasteiger partial charge in [0, 0.05) is 6.42 Å². The molecule has 404 valence electrons. The molecule has 0 bridgehead atoms. The zero-order valence-electron chi connectivity index (χ0n) is 46.5. The maximum Gasteiger partial charge on any atom is 0.220 e. The van der Waals surface area contributed by atoms with Gasteiger partial charge in [0.05, 0.1) is 18.8 Å². The van der Waals surface area contributed by atoms with Crippen LogP contribution in [0.2, 0.25) is 0 Å². The van der Waals surface area contributed by atoms with Crippen LogP contribution in [0.15, 0.2) is 97.2 Å². The van der Waals surface area contributed by atoms with Gasteiger partial charge in [-0.15, -0.1) is 0 Å². The van der Waals surface area contributed by atoms with Gasteiger partial charge in [-0.05, 0) is 83.5 Å². The van der Waals surface area contributed by atoms with E-state index in [1.165, 1.54) is 193 Å². The minimum atomic E-state index is -0.877. The molecular weight excluding hydrogens is 855 g/mol. The summed E-state index contributed by atoms with van der Waals surface area (Å²) < 4.78 is 0. The van der Waals surface area contributed by atoms with Crippen LogP contribution in [-0.4, -0.2) is 34.9 Å². The Kier molecular flexibility index (Phi) is 58.3. The van der Waals surface area contributed by atoms with Crippen LogP contribution in [-0.2, 0) is 4.79 Å².